The summed E-state index contributed by atoms with van der Waals surface area (Å²) in [5, 5.41) is 6.64. The maximum Gasteiger partial charge on any atom is 0.154 e. The molecule has 3 rings (SSSR count). The quantitative estimate of drug-likeness (QED) is 0.214. The molecule has 0 aliphatic heterocycles. The third-order valence-corrected chi connectivity index (χ3v) is 4.32. The van der Waals surface area contributed by atoms with Crippen LogP contribution in [0.2, 0.25) is 0 Å². The molecule has 0 saturated heterocycles. The van der Waals surface area contributed by atoms with Crippen molar-refractivity contribution in [3.63, 3.8) is 0 Å². The van der Waals surface area contributed by atoms with Crippen LogP contribution in [0.3, 0.4) is 0 Å². The van der Waals surface area contributed by atoms with Gasteiger partial charge in [0, 0.05) is 11.0 Å². The second kappa shape index (κ2) is 10.6. The first-order valence-electron chi connectivity index (χ1n) is 9.72. The molecule has 0 amide bonds. The van der Waals surface area contributed by atoms with Crippen LogP contribution in [-0.4, -0.2) is 12.1 Å². The summed E-state index contributed by atoms with van der Waals surface area (Å²) in [6.45, 7) is 6.06. The highest BCUT2D eigenvalue weighted by Crippen LogP contribution is 2.26. The Bertz CT molecular complexity index is 1070. The Hall–Kier alpha value is -3.72. The molecule has 1 N–H and O–H groups in total. The van der Waals surface area contributed by atoms with Crippen molar-refractivity contribution in [1.82, 2.24) is 5.43 Å². The average Bonchev–Trinajstić information content (AvgIpc) is 2.77. The number of nitrogens with one attached hydrogen (secondary N) is 1. The topological polar surface area (TPSA) is 36.8 Å². The predicted octanol–water partition coefficient (Wildman–Crippen LogP) is 6.57. The SMILES string of the molecule is C=C/C(=C\C=C/CC)C(=Nc1cccc2ccccc12)N/N=C/c1ccccc1. The molecule has 3 aromatic carbocycles. The molecular formula is C26H25N3. The van der Waals surface area contributed by atoms with E-state index in [4.69, 9.17) is 4.99 Å². The molecule has 3 nitrogen and oxygen atoms in total. The van der Waals surface area contributed by atoms with Crippen LogP contribution in [0.25, 0.3) is 10.8 Å². The second-order valence-corrected chi connectivity index (χ2v) is 6.40. The highest BCUT2D eigenvalue weighted by atomic mass is 15.3. The normalized spacial score (nSPS) is 12.7. The van der Waals surface area contributed by atoms with Gasteiger partial charge in [0.15, 0.2) is 5.84 Å². The van der Waals surface area contributed by atoms with E-state index in [1.807, 2.05) is 66.7 Å². The molecule has 0 heterocycles. The van der Waals surface area contributed by atoms with Crippen LogP contribution in [0.15, 0.2) is 119 Å². The van der Waals surface area contributed by atoms with E-state index in [0.29, 0.717) is 5.84 Å². The maximum absolute atomic E-state index is 4.89. The van der Waals surface area contributed by atoms with Crippen LogP contribution in [-0.2, 0) is 0 Å². The first kappa shape index (κ1) is 20.0. The Balaban J connectivity index is 2.00. The minimum atomic E-state index is 0.643. The van der Waals surface area contributed by atoms with E-state index in [2.05, 4.69) is 48.3 Å². The first-order valence-corrected chi connectivity index (χ1v) is 9.72. The fraction of sp³-hybridized carbons (Fsp3) is 0.0769. The van der Waals surface area contributed by atoms with Crippen LogP contribution in [0.4, 0.5) is 5.69 Å². The summed E-state index contributed by atoms with van der Waals surface area (Å²) < 4.78 is 0. The Morgan fingerprint density at radius 1 is 0.966 bits per heavy atom. The second-order valence-electron chi connectivity index (χ2n) is 6.40. The van der Waals surface area contributed by atoms with E-state index in [-0.39, 0.29) is 0 Å². The van der Waals surface area contributed by atoms with Crippen LogP contribution in [0, 0.1) is 0 Å². The standard InChI is InChI=1S/C26H25N3/c1-3-5-7-15-22(4-2)26(29-27-20-21-13-8-6-9-14-21)28-25-19-12-17-23-16-10-11-18-24(23)25/h4-20H,2-3H2,1H3,(H,28,29)/b7-5-,22-15+,27-20+. The van der Waals surface area contributed by atoms with Crippen molar-refractivity contribution < 1.29 is 0 Å². The summed E-state index contributed by atoms with van der Waals surface area (Å²) in [7, 11) is 0. The number of hydrogen-bond acceptors (Lipinski definition) is 2. The summed E-state index contributed by atoms with van der Waals surface area (Å²) in [5.41, 5.74) is 5.87. The lowest BCUT2D eigenvalue weighted by Gasteiger charge is -2.08. The van der Waals surface area contributed by atoms with Crippen molar-refractivity contribution in [2.24, 2.45) is 10.1 Å². The highest BCUT2D eigenvalue weighted by molar-refractivity contribution is 6.05. The molecule has 3 heteroatoms. The van der Waals surface area contributed by atoms with Gasteiger partial charge in [-0.25, -0.2) is 4.99 Å². The molecule has 0 fully saturated rings. The van der Waals surface area contributed by atoms with Crippen molar-refractivity contribution in [3.8, 4) is 0 Å². The van der Waals surface area contributed by atoms with Gasteiger partial charge in [-0.05, 0) is 23.4 Å². The Kier molecular flexibility index (Phi) is 7.30. The lowest BCUT2D eigenvalue weighted by molar-refractivity contribution is 1.03. The molecule has 0 aromatic heterocycles. The number of hydrogen-bond donors (Lipinski definition) is 1. The van der Waals surface area contributed by atoms with E-state index in [9.17, 15) is 0 Å². The van der Waals surface area contributed by atoms with E-state index < -0.39 is 0 Å². The zero-order valence-electron chi connectivity index (χ0n) is 16.6. The fourth-order valence-electron chi connectivity index (χ4n) is 2.84. The van der Waals surface area contributed by atoms with Crippen molar-refractivity contribution in [1.29, 1.82) is 0 Å². The highest BCUT2D eigenvalue weighted by Gasteiger charge is 2.05. The molecule has 0 aliphatic rings. The lowest BCUT2D eigenvalue weighted by atomic mass is 10.1. The molecular weight excluding hydrogens is 354 g/mol. The molecule has 144 valence electrons. The summed E-state index contributed by atoms with van der Waals surface area (Å²) in [4.78, 5) is 4.89. The Morgan fingerprint density at radius 3 is 2.52 bits per heavy atom. The van der Waals surface area contributed by atoms with E-state index >= 15 is 0 Å². The van der Waals surface area contributed by atoms with E-state index in [1.54, 1.807) is 12.3 Å². The van der Waals surface area contributed by atoms with Gasteiger partial charge >= 0.3 is 0 Å². The summed E-state index contributed by atoms with van der Waals surface area (Å²) in [6.07, 6.45) is 10.6. The van der Waals surface area contributed by atoms with Gasteiger partial charge < -0.3 is 0 Å². The number of rotatable bonds is 7. The number of fused-ring (bicyclic) bond motifs is 1. The minimum Gasteiger partial charge on any atom is -0.261 e. The predicted molar refractivity (Wildman–Crippen MR) is 126 cm³/mol. The summed E-state index contributed by atoms with van der Waals surface area (Å²) in [5.74, 6) is 0.643. The van der Waals surface area contributed by atoms with Crippen LogP contribution >= 0.6 is 0 Å². The molecule has 0 radical (unpaired) electrons. The molecule has 0 aliphatic carbocycles. The van der Waals surface area contributed by atoms with Gasteiger partial charge in [0.05, 0.1) is 11.9 Å². The molecule has 3 aromatic rings. The van der Waals surface area contributed by atoms with Gasteiger partial charge in [-0.15, -0.1) is 0 Å². The Labute approximate surface area is 172 Å². The third kappa shape index (κ3) is 5.63. The molecule has 0 unspecified atom stereocenters. The van der Waals surface area contributed by atoms with Crippen molar-refractivity contribution in [2.75, 3.05) is 0 Å². The average molecular weight is 380 g/mol. The van der Waals surface area contributed by atoms with Gasteiger partial charge in [0.25, 0.3) is 0 Å². The number of amidine groups is 1. The number of aliphatic imine (C=N–C) groups is 1. The molecule has 0 bridgehead atoms. The monoisotopic (exact) mass is 379 g/mol. The van der Waals surface area contributed by atoms with Gasteiger partial charge in [-0.1, -0.05) is 105 Å². The summed E-state index contributed by atoms with van der Waals surface area (Å²) >= 11 is 0. The van der Waals surface area contributed by atoms with Crippen LogP contribution in [0.1, 0.15) is 18.9 Å². The number of benzene rings is 3. The van der Waals surface area contributed by atoms with Crippen molar-refractivity contribution in [3.05, 3.63) is 115 Å². The van der Waals surface area contributed by atoms with Gasteiger partial charge in [-0.2, -0.15) is 5.10 Å². The lowest BCUT2D eigenvalue weighted by Crippen LogP contribution is -2.19. The fourth-order valence-corrected chi connectivity index (χ4v) is 2.84. The minimum absolute atomic E-state index is 0.643. The first-order chi connectivity index (χ1) is 14.3. The number of hydrazone groups is 1. The number of allylic oxidation sites excluding steroid dienone is 3. The van der Waals surface area contributed by atoms with Crippen LogP contribution < -0.4 is 5.43 Å². The van der Waals surface area contributed by atoms with E-state index in [0.717, 1.165) is 34.0 Å². The largest absolute Gasteiger partial charge is 0.261 e. The van der Waals surface area contributed by atoms with Crippen molar-refractivity contribution in [2.45, 2.75) is 13.3 Å². The summed E-state index contributed by atoms with van der Waals surface area (Å²) in [6, 6.07) is 24.3. The third-order valence-electron chi connectivity index (χ3n) is 4.32. The zero-order chi connectivity index (χ0) is 20.3. The molecule has 0 atom stereocenters. The molecule has 29 heavy (non-hydrogen) atoms. The molecule has 0 spiro atoms. The van der Waals surface area contributed by atoms with E-state index in [1.165, 1.54) is 0 Å². The Morgan fingerprint density at radius 2 is 1.72 bits per heavy atom. The smallest absolute Gasteiger partial charge is 0.154 e. The van der Waals surface area contributed by atoms with Gasteiger partial charge in [0.1, 0.15) is 0 Å². The molecule has 0 saturated carbocycles. The van der Waals surface area contributed by atoms with Crippen LogP contribution in [0.5, 0.6) is 0 Å². The maximum atomic E-state index is 4.89. The number of nitrogens with zero attached hydrogens (tertiary/aromatic N) is 2. The van der Waals surface area contributed by atoms with Gasteiger partial charge in [0.2, 0.25) is 0 Å². The van der Waals surface area contributed by atoms with Crippen molar-refractivity contribution >= 4 is 28.5 Å². The van der Waals surface area contributed by atoms with Gasteiger partial charge in [-0.3, -0.25) is 5.43 Å². The zero-order valence-corrected chi connectivity index (χ0v) is 16.6.